The van der Waals surface area contributed by atoms with Crippen LogP contribution >= 0.6 is 0 Å². The van der Waals surface area contributed by atoms with Gasteiger partial charge in [-0.1, -0.05) is 12.1 Å². The van der Waals surface area contributed by atoms with Crippen LogP contribution < -0.4 is 0 Å². The van der Waals surface area contributed by atoms with Crippen LogP contribution in [0.2, 0.25) is 0 Å². The Bertz CT molecular complexity index is 1360. The molecule has 0 radical (unpaired) electrons. The van der Waals surface area contributed by atoms with Gasteiger partial charge in [0.25, 0.3) is 0 Å². The Hall–Kier alpha value is -3.52. The number of benzene rings is 1. The fraction of sp³-hybridized carbons (Fsp3) is 0.360. The van der Waals surface area contributed by atoms with Gasteiger partial charge in [-0.2, -0.15) is 10.2 Å². The normalized spacial score (nSPS) is 18.1. The highest BCUT2D eigenvalue weighted by atomic mass is 16.5. The van der Waals surface area contributed by atoms with Crippen molar-refractivity contribution in [3.8, 4) is 22.5 Å². The van der Waals surface area contributed by atoms with Crippen molar-refractivity contribution >= 4 is 16.8 Å². The lowest BCUT2D eigenvalue weighted by Crippen LogP contribution is -2.35. The van der Waals surface area contributed by atoms with Gasteiger partial charge in [-0.05, 0) is 24.6 Å². The highest BCUT2D eigenvalue weighted by molar-refractivity contribution is 5.95. The molecule has 168 valence electrons. The Labute approximate surface area is 191 Å². The molecule has 1 atom stereocenters. The van der Waals surface area contributed by atoms with E-state index in [2.05, 4.69) is 21.9 Å². The first kappa shape index (κ1) is 20.1. The number of aryl methyl sites for hydroxylation is 1. The number of nitrogens with zero attached hydrogens (tertiary/aromatic N) is 6. The Kier molecular flexibility index (Phi) is 4.76. The number of pyridine rings is 1. The number of fused-ring (bicyclic) bond motifs is 2. The molecule has 1 saturated heterocycles. The summed E-state index contributed by atoms with van der Waals surface area (Å²) in [5.74, 6) is 0.101. The first-order valence-corrected chi connectivity index (χ1v) is 11.4. The lowest BCUT2D eigenvalue weighted by atomic mass is 9.97. The first-order valence-electron chi connectivity index (χ1n) is 11.4. The van der Waals surface area contributed by atoms with Crippen molar-refractivity contribution in [3.05, 3.63) is 54.0 Å². The van der Waals surface area contributed by atoms with E-state index < -0.39 is 0 Å². The number of carbonyl (C=O) groups is 1. The Morgan fingerprint density at radius 2 is 2.12 bits per heavy atom. The van der Waals surface area contributed by atoms with Gasteiger partial charge in [0.2, 0.25) is 5.91 Å². The maximum absolute atomic E-state index is 12.2. The Morgan fingerprint density at radius 1 is 1.21 bits per heavy atom. The van der Waals surface area contributed by atoms with E-state index in [4.69, 9.17) is 14.8 Å². The van der Waals surface area contributed by atoms with E-state index in [9.17, 15) is 4.79 Å². The number of hydrogen-bond donors (Lipinski definition) is 0. The summed E-state index contributed by atoms with van der Waals surface area (Å²) in [5.41, 5.74) is 7.18. The molecule has 1 amide bonds. The lowest BCUT2D eigenvalue weighted by molar-refractivity contribution is -0.129. The molecular weight excluding hydrogens is 416 g/mol. The van der Waals surface area contributed by atoms with Crippen LogP contribution in [0.25, 0.3) is 33.4 Å². The Balaban J connectivity index is 1.50. The molecule has 3 aromatic heterocycles. The van der Waals surface area contributed by atoms with Gasteiger partial charge in [0.15, 0.2) is 0 Å². The molecule has 2 aliphatic rings. The molecule has 1 fully saturated rings. The standard InChI is InChI=1S/C25H26N6O2/c1-16(32)30-10-8-24-21(14-30)25(28-31(24)18-9-11-33-15-18)20-4-3-5-23-19(20)6-7-22(27-23)17-12-26-29(2)13-17/h3-7,12-13,18H,8-11,14-15H2,1-2H3/t18-/m0/s1. The summed E-state index contributed by atoms with van der Waals surface area (Å²) >= 11 is 0. The molecule has 8 heteroatoms. The van der Waals surface area contributed by atoms with Crippen molar-refractivity contribution in [2.45, 2.75) is 32.4 Å². The second-order valence-corrected chi connectivity index (χ2v) is 8.90. The molecule has 0 unspecified atom stereocenters. The van der Waals surface area contributed by atoms with Gasteiger partial charge in [0.1, 0.15) is 0 Å². The molecule has 0 saturated carbocycles. The lowest BCUT2D eigenvalue weighted by Gasteiger charge is -2.27. The molecule has 0 N–H and O–H groups in total. The van der Waals surface area contributed by atoms with E-state index in [0.717, 1.165) is 65.0 Å². The molecule has 0 spiro atoms. The van der Waals surface area contributed by atoms with E-state index in [0.29, 0.717) is 13.2 Å². The highest BCUT2D eigenvalue weighted by Gasteiger charge is 2.31. The summed E-state index contributed by atoms with van der Waals surface area (Å²) in [7, 11) is 1.90. The largest absolute Gasteiger partial charge is 0.379 e. The molecule has 2 aliphatic heterocycles. The van der Waals surface area contributed by atoms with Crippen LogP contribution in [0.1, 0.15) is 30.6 Å². The third kappa shape index (κ3) is 3.41. The van der Waals surface area contributed by atoms with Gasteiger partial charge in [0, 0.05) is 74.1 Å². The van der Waals surface area contributed by atoms with Crippen LogP contribution in [0.3, 0.4) is 0 Å². The van der Waals surface area contributed by atoms with Gasteiger partial charge in [-0.15, -0.1) is 0 Å². The molecule has 0 aliphatic carbocycles. The second-order valence-electron chi connectivity index (χ2n) is 8.90. The van der Waals surface area contributed by atoms with Crippen molar-refractivity contribution in [1.29, 1.82) is 0 Å². The number of ether oxygens (including phenoxy) is 1. The third-order valence-electron chi connectivity index (χ3n) is 6.77. The zero-order valence-corrected chi connectivity index (χ0v) is 18.9. The quantitative estimate of drug-likeness (QED) is 0.486. The van der Waals surface area contributed by atoms with Gasteiger partial charge >= 0.3 is 0 Å². The summed E-state index contributed by atoms with van der Waals surface area (Å²) in [4.78, 5) is 19.0. The molecule has 1 aromatic carbocycles. The van der Waals surface area contributed by atoms with Gasteiger partial charge < -0.3 is 9.64 Å². The van der Waals surface area contributed by atoms with E-state index in [1.54, 1.807) is 11.6 Å². The number of rotatable bonds is 3. The minimum Gasteiger partial charge on any atom is -0.379 e. The molecule has 33 heavy (non-hydrogen) atoms. The van der Waals surface area contributed by atoms with E-state index in [1.807, 2.05) is 42.5 Å². The van der Waals surface area contributed by atoms with E-state index in [1.165, 1.54) is 5.69 Å². The summed E-state index contributed by atoms with van der Waals surface area (Å²) in [6.07, 6.45) is 5.58. The van der Waals surface area contributed by atoms with E-state index in [-0.39, 0.29) is 11.9 Å². The fourth-order valence-electron chi connectivity index (χ4n) is 5.02. The molecule has 4 aromatic rings. The van der Waals surface area contributed by atoms with Crippen molar-refractivity contribution in [2.75, 3.05) is 19.8 Å². The van der Waals surface area contributed by atoms with Crippen LogP contribution in [0.15, 0.2) is 42.7 Å². The summed E-state index contributed by atoms with van der Waals surface area (Å²) in [6.45, 7) is 4.42. The van der Waals surface area contributed by atoms with Crippen LogP contribution in [0.4, 0.5) is 0 Å². The first-order chi connectivity index (χ1) is 16.1. The number of hydrogen-bond acceptors (Lipinski definition) is 5. The summed E-state index contributed by atoms with van der Waals surface area (Å²) in [5, 5.41) is 10.5. The minimum atomic E-state index is 0.101. The SMILES string of the molecule is CC(=O)N1CCc2c(c(-c3cccc4nc(-c5cnn(C)c5)ccc34)nn2[C@H]2CCOC2)C1. The average molecular weight is 443 g/mol. The van der Waals surface area contributed by atoms with Crippen LogP contribution in [-0.4, -0.2) is 55.1 Å². The maximum Gasteiger partial charge on any atom is 0.219 e. The summed E-state index contributed by atoms with van der Waals surface area (Å²) in [6, 6.07) is 10.6. The zero-order valence-electron chi connectivity index (χ0n) is 18.9. The third-order valence-corrected chi connectivity index (χ3v) is 6.77. The van der Waals surface area contributed by atoms with Gasteiger partial charge in [-0.3, -0.25) is 14.2 Å². The highest BCUT2D eigenvalue weighted by Crippen LogP contribution is 2.37. The van der Waals surface area contributed by atoms with Crippen molar-refractivity contribution in [2.24, 2.45) is 7.05 Å². The minimum absolute atomic E-state index is 0.101. The topological polar surface area (TPSA) is 78.1 Å². The summed E-state index contributed by atoms with van der Waals surface area (Å²) < 4.78 is 9.62. The van der Waals surface area contributed by atoms with Crippen LogP contribution in [0, 0.1) is 0 Å². The number of carbonyl (C=O) groups excluding carboxylic acids is 1. The monoisotopic (exact) mass is 442 g/mol. The van der Waals surface area contributed by atoms with Crippen LogP contribution in [-0.2, 0) is 29.5 Å². The van der Waals surface area contributed by atoms with Crippen molar-refractivity contribution in [1.82, 2.24) is 29.4 Å². The molecular formula is C25H26N6O2. The van der Waals surface area contributed by atoms with Crippen molar-refractivity contribution in [3.63, 3.8) is 0 Å². The predicted molar refractivity (Wildman–Crippen MR) is 124 cm³/mol. The van der Waals surface area contributed by atoms with Crippen LogP contribution in [0.5, 0.6) is 0 Å². The Morgan fingerprint density at radius 3 is 2.88 bits per heavy atom. The number of aromatic nitrogens is 5. The second kappa shape index (κ2) is 7.81. The molecule has 8 nitrogen and oxygen atoms in total. The predicted octanol–water partition coefficient (Wildman–Crippen LogP) is 3.36. The van der Waals surface area contributed by atoms with Gasteiger partial charge in [0.05, 0.1) is 35.8 Å². The van der Waals surface area contributed by atoms with Crippen molar-refractivity contribution < 1.29 is 9.53 Å². The number of amides is 1. The smallest absolute Gasteiger partial charge is 0.219 e. The van der Waals surface area contributed by atoms with E-state index >= 15 is 0 Å². The average Bonchev–Trinajstić information content (AvgIpc) is 3.57. The molecule has 6 rings (SSSR count). The molecule has 0 bridgehead atoms. The van der Waals surface area contributed by atoms with Gasteiger partial charge in [-0.25, -0.2) is 4.98 Å². The molecule has 5 heterocycles. The fourth-order valence-corrected chi connectivity index (χ4v) is 5.02. The maximum atomic E-state index is 12.2. The zero-order chi connectivity index (χ0) is 22.5.